The van der Waals surface area contributed by atoms with Crippen molar-refractivity contribution in [3.05, 3.63) is 76.8 Å². The number of nitrogens with zero attached hydrogens (tertiary/aromatic N) is 3. The molecule has 9 heteroatoms. The molecule has 1 amide bonds. The van der Waals surface area contributed by atoms with E-state index in [2.05, 4.69) is 20.7 Å². The summed E-state index contributed by atoms with van der Waals surface area (Å²) in [5.74, 6) is 0.758. The van der Waals surface area contributed by atoms with Gasteiger partial charge < -0.3 is 0 Å². The van der Waals surface area contributed by atoms with Crippen LogP contribution in [0.5, 0.6) is 0 Å². The lowest BCUT2D eigenvalue weighted by Crippen LogP contribution is -2.19. The lowest BCUT2D eigenvalue weighted by atomic mass is 10.2. The third-order valence-corrected chi connectivity index (χ3v) is 7.07. The van der Waals surface area contributed by atoms with Crippen LogP contribution in [0.2, 0.25) is 5.02 Å². The first-order valence-corrected chi connectivity index (χ1v) is 11.7. The molecule has 1 aromatic heterocycles. The Morgan fingerprint density at radius 1 is 1.07 bits per heavy atom. The molecule has 0 unspecified atom stereocenters. The van der Waals surface area contributed by atoms with Crippen molar-refractivity contribution in [3.63, 3.8) is 0 Å². The highest BCUT2D eigenvalue weighted by atomic mass is 35.5. The number of halogens is 1. The molecule has 3 rings (SSSR count). The fourth-order valence-corrected chi connectivity index (χ4v) is 5.20. The monoisotopic (exact) mass is 460 g/mol. The van der Waals surface area contributed by atoms with E-state index in [4.69, 9.17) is 11.6 Å². The highest BCUT2D eigenvalue weighted by Crippen LogP contribution is 2.32. The zero-order chi connectivity index (χ0) is 20.3. The smallest absolute Gasteiger partial charge is 0.250 e. The molecule has 3 aromatic rings. The number of hydrogen-bond donors (Lipinski definition) is 1. The molecular weight excluding hydrogens is 444 g/mol. The Hall–Kier alpha value is -2.13. The summed E-state index contributed by atoms with van der Waals surface area (Å²) in [5, 5.41) is 12.9. The minimum Gasteiger partial charge on any atom is -0.272 e. The maximum Gasteiger partial charge on any atom is 0.250 e. The zero-order valence-corrected chi connectivity index (χ0v) is 18.4. The number of hydrazone groups is 1. The summed E-state index contributed by atoms with van der Waals surface area (Å²) in [4.78, 5) is 11.9. The van der Waals surface area contributed by atoms with Gasteiger partial charge in [-0.25, -0.2) is 5.43 Å². The van der Waals surface area contributed by atoms with Crippen LogP contribution in [0.15, 0.2) is 74.5 Å². The first kappa shape index (κ1) is 21.6. The van der Waals surface area contributed by atoms with Crippen LogP contribution in [-0.4, -0.2) is 28.1 Å². The van der Waals surface area contributed by atoms with Gasteiger partial charge in [-0.1, -0.05) is 101 Å². The first-order valence-electron chi connectivity index (χ1n) is 8.57. The van der Waals surface area contributed by atoms with Gasteiger partial charge in [-0.2, -0.15) is 5.10 Å². The number of nitrogens with one attached hydrogen (secondary N) is 1. The lowest BCUT2D eigenvalue weighted by Gasteiger charge is -2.00. The normalized spacial score (nSPS) is 11.3. The van der Waals surface area contributed by atoms with Gasteiger partial charge in [0.25, 0.3) is 5.91 Å². The molecule has 0 aliphatic rings. The van der Waals surface area contributed by atoms with E-state index < -0.39 is 0 Å². The van der Waals surface area contributed by atoms with E-state index in [0.717, 1.165) is 30.6 Å². The van der Waals surface area contributed by atoms with Crippen molar-refractivity contribution in [2.45, 2.75) is 14.4 Å². The minimum atomic E-state index is -0.195. The second-order valence-corrected chi connectivity index (χ2v) is 9.42. The maximum atomic E-state index is 11.9. The molecule has 29 heavy (non-hydrogen) atoms. The van der Waals surface area contributed by atoms with Crippen LogP contribution in [0.4, 0.5) is 0 Å². The summed E-state index contributed by atoms with van der Waals surface area (Å²) in [5.41, 5.74) is 4.62. The van der Waals surface area contributed by atoms with Crippen LogP contribution in [0.1, 0.15) is 11.1 Å². The highest BCUT2D eigenvalue weighted by Gasteiger charge is 2.09. The minimum absolute atomic E-state index is 0.195. The average molecular weight is 461 g/mol. The quantitative estimate of drug-likeness (QED) is 0.263. The van der Waals surface area contributed by atoms with Gasteiger partial charge in [0.1, 0.15) is 0 Å². The van der Waals surface area contributed by atoms with Crippen LogP contribution >= 0.6 is 46.5 Å². The molecule has 0 spiro atoms. The van der Waals surface area contributed by atoms with Crippen LogP contribution in [0.3, 0.4) is 0 Å². The largest absolute Gasteiger partial charge is 0.272 e. The van der Waals surface area contributed by atoms with Crippen LogP contribution < -0.4 is 5.43 Å². The zero-order valence-electron chi connectivity index (χ0n) is 15.2. The number of carbonyl (C=O) groups excluding carboxylic acids is 1. The third kappa shape index (κ3) is 7.66. The highest BCUT2D eigenvalue weighted by molar-refractivity contribution is 8.03. The van der Waals surface area contributed by atoms with E-state index in [9.17, 15) is 4.79 Å². The fraction of sp³-hybridized carbons (Fsp3) is 0.100. The van der Waals surface area contributed by atoms with E-state index >= 15 is 0 Å². The van der Waals surface area contributed by atoms with Gasteiger partial charge in [0.05, 0.1) is 5.75 Å². The summed E-state index contributed by atoms with van der Waals surface area (Å²) in [7, 11) is 0. The van der Waals surface area contributed by atoms with Gasteiger partial charge in [-0.15, -0.1) is 10.2 Å². The molecule has 0 saturated heterocycles. The number of thioether (sulfide) groups is 2. The molecule has 0 aliphatic heterocycles. The van der Waals surface area contributed by atoms with E-state index in [1.54, 1.807) is 24.1 Å². The topological polar surface area (TPSA) is 67.2 Å². The van der Waals surface area contributed by atoms with Gasteiger partial charge in [0.15, 0.2) is 8.68 Å². The van der Waals surface area contributed by atoms with Crippen molar-refractivity contribution >= 4 is 64.7 Å². The second kappa shape index (κ2) is 11.8. The Morgan fingerprint density at radius 3 is 2.59 bits per heavy atom. The molecule has 0 radical (unpaired) electrons. The van der Waals surface area contributed by atoms with Crippen LogP contribution in [0, 0.1) is 0 Å². The number of carbonyl (C=O) groups is 1. The Balaban J connectivity index is 1.37. The van der Waals surface area contributed by atoms with Gasteiger partial charge in [0.2, 0.25) is 0 Å². The molecule has 148 valence electrons. The number of aromatic nitrogens is 2. The van der Waals surface area contributed by atoms with Gasteiger partial charge in [-0.3, -0.25) is 4.79 Å². The number of amides is 1. The van der Waals surface area contributed by atoms with Crippen molar-refractivity contribution in [2.24, 2.45) is 5.10 Å². The van der Waals surface area contributed by atoms with Gasteiger partial charge in [0, 0.05) is 17.0 Å². The molecule has 1 heterocycles. The molecule has 0 bridgehead atoms. The average Bonchev–Trinajstić information content (AvgIpc) is 3.20. The maximum absolute atomic E-state index is 11.9. The van der Waals surface area contributed by atoms with E-state index in [1.807, 2.05) is 60.7 Å². The lowest BCUT2D eigenvalue weighted by molar-refractivity contribution is -0.118. The van der Waals surface area contributed by atoms with E-state index in [0.29, 0.717) is 0 Å². The summed E-state index contributed by atoms with van der Waals surface area (Å²) >= 11 is 10.5. The number of hydrogen-bond acceptors (Lipinski definition) is 7. The molecule has 5 nitrogen and oxygen atoms in total. The van der Waals surface area contributed by atoms with Crippen molar-refractivity contribution in [2.75, 3.05) is 5.75 Å². The van der Waals surface area contributed by atoms with Crippen molar-refractivity contribution in [1.82, 2.24) is 15.6 Å². The molecule has 0 atom stereocenters. The SMILES string of the molecule is O=C(CSc1nnc(SCc2ccccc2Cl)s1)NN=CC=Cc1ccccc1. The Morgan fingerprint density at radius 2 is 1.79 bits per heavy atom. The molecule has 0 aliphatic carbocycles. The predicted molar refractivity (Wildman–Crippen MR) is 124 cm³/mol. The first-order chi connectivity index (χ1) is 14.2. The number of allylic oxidation sites excluding steroid dienone is 1. The molecule has 1 N–H and O–H groups in total. The summed E-state index contributed by atoms with van der Waals surface area (Å²) in [6, 6.07) is 17.6. The summed E-state index contributed by atoms with van der Waals surface area (Å²) in [6.45, 7) is 0. The fourth-order valence-electron chi connectivity index (χ4n) is 2.10. The van der Waals surface area contributed by atoms with E-state index in [1.165, 1.54) is 23.1 Å². The van der Waals surface area contributed by atoms with E-state index in [-0.39, 0.29) is 11.7 Å². The molecule has 0 saturated carbocycles. The molecular formula is C20H17ClN4OS3. The van der Waals surface area contributed by atoms with Gasteiger partial charge in [-0.05, 0) is 23.3 Å². The Kier molecular flexibility index (Phi) is 8.76. The van der Waals surface area contributed by atoms with Crippen molar-refractivity contribution < 1.29 is 4.79 Å². The second-order valence-electron chi connectivity index (χ2n) is 5.59. The molecule has 2 aromatic carbocycles. The van der Waals surface area contributed by atoms with Gasteiger partial charge >= 0.3 is 0 Å². The number of rotatable bonds is 9. The Bertz CT molecular complexity index is 992. The summed E-state index contributed by atoms with van der Waals surface area (Å²) < 4.78 is 1.59. The summed E-state index contributed by atoms with van der Waals surface area (Å²) in [6.07, 6.45) is 5.23. The number of benzene rings is 2. The Labute approximate surface area is 186 Å². The molecule has 0 fully saturated rings. The standard InChI is InChI=1S/C20H17ClN4OS3/c21-17-11-5-4-10-16(17)13-27-19-24-25-20(29-19)28-14-18(26)23-22-12-6-9-15-7-2-1-3-8-15/h1-12H,13-14H2,(H,23,26). The van der Waals surface area contributed by atoms with Crippen LogP contribution in [-0.2, 0) is 10.5 Å². The predicted octanol–water partition coefficient (Wildman–Crippen LogP) is 5.39. The van der Waals surface area contributed by atoms with Crippen LogP contribution in [0.25, 0.3) is 6.08 Å². The van der Waals surface area contributed by atoms with Crippen molar-refractivity contribution in [3.8, 4) is 0 Å². The van der Waals surface area contributed by atoms with Crippen molar-refractivity contribution in [1.29, 1.82) is 0 Å². The third-order valence-electron chi connectivity index (χ3n) is 3.46.